The summed E-state index contributed by atoms with van der Waals surface area (Å²) in [6.07, 6.45) is -1.10. The zero-order valence-corrected chi connectivity index (χ0v) is 16.8. The average Bonchev–Trinajstić information content (AvgIpc) is 3.21. The van der Waals surface area contributed by atoms with Gasteiger partial charge in [0.25, 0.3) is 5.91 Å². The van der Waals surface area contributed by atoms with Crippen LogP contribution in [0.25, 0.3) is 9.53 Å². The van der Waals surface area contributed by atoms with Crippen LogP contribution in [0.5, 0.6) is 0 Å². The van der Waals surface area contributed by atoms with Crippen molar-refractivity contribution in [2.24, 2.45) is 0 Å². The number of anilines is 2. The zero-order valence-electron chi connectivity index (χ0n) is 15.1. The number of carbonyl (C=O) groups excluding carboxylic acids is 3. The fraction of sp³-hybridized carbons (Fsp3) is 0.222. The van der Waals surface area contributed by atoms with Gasteiger partial charge >= 0.3 is 12.0 Å². The second-order valence-electron chi connectivity index (χ2n) is 5.69. The standard InChI is InChI=1S/C18H18N4O4S2/c1-3-19-17(25)21-14(23)10(2)26-16(24)13-9-12-15(27-13)22-18(28-12)20-11-7-5-4-6-8-11/h4-10H,3H2,1-2H3,(H,20,22)(H2,19,21,23,25). The van der Waals surface area contributed by atoms with Gasteiger partial charge in [-0.1, -0.05) is 29.5 Å². The van der Waals surface area contributed by atoms with Crippen LogP contribution in [0.1, 0.15) is 23.5 Å². The second kappa shape index (κ2) is 8.81. The molecule has 3 N–H and O–H groups in total. The number of fused-ring (bicyclic) bond motifs is 1. The molecule has 0 aliphatic carbocycles. The largest absolute Gasteiger partial charge is 0.448 e. The molecular formula is C18H18N4O4S2. The van der Waals surface area contributed by atoms with E-state index in [0.29, 0.717) is 16.3 Å². The lowest BCUT2D eigenvalue weighted by atomic mass is 10.3. The summed E-state index contributed by atoms with van der Waals surface area (Å²) in [5.41, 5.74) is 0.926. The predicted octanol–water partition coefficient (Wildman–Crippen LogP) is 3.49. The Morgan fingerprint density at radius 2 is 1.93 bits per heavy atom. The van der Waals surface area contributed by atoms with Crippen LogP contribution in [0.3, 0.4) is 0 Å². The zero-order chi connectivity index (χ0) is 20.1. The first-order valence-electron chi connectivity index (χ1n) is 8.48. The van der Waals surface area contributed by atoms with Crippen molar-refractivity contribution in [2.75, 3.05) is 11.9 Å². The summed E-state index contributed by atoms with van der Waals surface area (Å²) in [5, 5.41) is 8.47. The molecule has 3 amide bonds. The number of nitrogens with zero attached hydrogens (tertiary/aromatic N) is 1. The Hall–Kier alpha value is -2.98. The van der Waals surface area contributed by atoms with Gasteiger partial charge in [-0.15, -0.1) is 11.3 Å². The van der Waals surface area contributed by atoms with Crippen molar-refractivity contribution in [3.05, 3.63) is 41.3 Å². The smallest absolute Gasteiger partial charge is 0.349 e. The number of rotatable bonds is 6. The number of thiazole rings is 1. The summed E-state index contributed by atoms with van der Waals surface area (Å²) < 4.78 is 5.99. The summed E-state index contributed by atoms with van der Waals surface area (Å²) in [6, 6.07) is 10.7. The van der Waals surface area contributed by atoms with E-state index in [0.717, 1.165) is 15.5 Å². The molecule has 0 spiro atoms. The lowest BCUT2D eigenvalue weighted by Gasteiger charge is -2.12. The Morgan fingerprint density at radius 3 is 2.61 bits per heavy atom. The quantitative estimate of drug-likeness (QED) is 0.529. The van der Waals surface area contributed by atoms with Crippen molar-refractivity contribution in [2.45, 2.75) is 20.0 Å². The Labute approximate surface area is 168 Å². The van der Waals surface area contributed by atoms with Gasteiger partial charge in [0.1, 0.15) is 9.71 Å². The second-order valence-corrected chi connectivity index (χ2v) is 7.75. The molecule has 10 heteroatoms. The predicted molar refractivity (Wildman–Crippen MR) is 109 cm³/mol. The fourth-order valence-corrected chi connectivity index (χ4v) is 4.24. The van der Waals surface area contributed by atoms with Gasteiger partial charge < -0.3 is 15.4 Å². The molecule has 0 radical (unpaired) electrons. The molecule has 2 heterocycles. The normalized spacial score (nSPS) is 11.6. The first-order valence-corrected chi connectivity index (χ1v) is 10.1. The average molecular weight is 419 g/mol. The number of aromatic nitrogens is 1. The number of urea groups is 1. The molecule has 28 heavy (non-hydrogen) atoms. The molecule has 0 saturated heterocycles. The van der Waals surface area contributed by atoms with Crippen LogP contribution in [-0.2, 0) is 9.53 Å². The highest BCUT2D eigenvalue weighted by Crippen LogP contribution is 2.34. The summed E-state index contributed by atoms with van der Waals surface area (Å²) in [6.45, 7) is 3.51. The molecule has 0 saturated carbocycles. The minimum atomic E-state index is -1.10. The number of amides is 3. The van der Waals surface area contributed by atoms with E-state index in [1.165, 1.54) is 29.6 Å². The first kappa shape index (κ1) is 19.8. The number of benzene rings is 1. The summed E-state index contributed by atoms with van der Waals surface area (Å²) in [4.78, 5) is 41.0. The third-order valence-corrected chi connectivity index (χ3v) is 5.60. The third kappa shape index (κ3) is 4.84. The van der Waals surface area contributed by atoms with Gasteiger partial charge in [-0.05, 0) is 32.0 Å². The maximum Gasteiger partial charge on any atom is 0.349 e. The molecule has 0 fully saturated rings. The van der Waals surface area contributed by atoms with Crippen molar-refractivity contribution in [3.8, 4) is 0 Å². The minimum absolute atomic E-state index is 0.345. The van der Waals surface area contributed by atoms with E-state index in [1.807, 2.05) is 30.3 Å². The first-order chi connectivity index (χ1) is 13.5. The van der Waals surface area contributed by atoms with E-state index in [-0.39, 0.29) is 0 Å². The number of esters is 1. The summed E-state index contributed by atoms with van der Waals surface area (Å²) >= 11 is 2.60. The highest BCUT2D eigenvalue weighted by Gasteiger charge is 2.22. The molecule has 146 valence electrons. The van der Waals surface area contributed by atoms with Crippen LogP contribution < -0.4 is 16.0 Å². The van der Waals surface area contributed by atoms with Gasteiger partial charge in [-0.25, -0.2) is 14.6 Å². The number of hydrogen-bond donors (Lipinski definition) is 3. The lowest BCUT2D eigenvalue weighted by Crippen LogP contribution is -2.44. The molecule has 1 aromatic carbocycles. The lowest BCUT2D eigenvalue weighted by molar-refractivity contribution is -0.127. The Bertz CT molecular complexity index is 968. The van der Waals surface area contributed by atoms with Crippen LogP contribution >= 0.6 is 22.7 Å². The number of nitrogens with one attached hydrogen (secondary N) is 3. The molecule has 3 rings (SSSR count). The number of hydrogen-bond acceptors (Lipinski definition) is 8. The molecule has 0 aliphatic rings. The molecule has 0 aliphatic heterocycles. The Balaban J connectivity index is 1.62. The molecule has 3 aromatic rings. The number of carbonyl (C=O) groups is 3. The Morgan fingerprint density at radius 1 is 1.18 bits per heavy atom. The van der Waals surface area contributed by atoms with E-state index in [2.05, 4.69) is 20.9 Å². The molecule has 8 nitrogen and oxygen atoms in total. The van der Waals surface area contributed by atoms with E-state index in [4.69, 9.17) is 4.74 Å². The SMILES string of the molecule is CCNC(=O)NC(=O)C(C)OC(=O)c1cc2sc(Nc3ccccc3)nc2s1. The van der Waals surface area contributed by atoms with Crippen molar-refractivity contribution < 1.29 is 19.1 Å². The number of para-hydroxylation sites is 1. The Kier molecular flexibility index (Phi) is 6.22. The highest BCUT2D eigenvalue weighted by molar-refractivity contribution is 7.29. The topological polar surface area (TPSA) is 109 Å². The van der Waals surface area contributed by atoms with Gasteiger partial charge in [0.05, 0.1) is 4.70 Å². The summed E-state index contributed by atoms with van der Waals surface area (Å²) in [5.74, 6) is -1.32. The number of imide groups is 1. The maximum absolute atomic E-state index is 12.3. The van der Waals surface area contributed by atoms with E-state index in [1.54, 1.807) is 13.0 Å². The van der Waals surface area contributed by atoms with Gasteiger partial charge in [0.2, 0.25) is 0 Å². The van der Waals surface area contributed by atoms with E-state index in [9.17, 15) is 14.4 Å². The molecule has 0 bridgehead atoms. The van der Waals surface area contributed by atoms with Gasteiger partial charge in [0, 0.05) is 12.2 Å². The van der Waals surface area contributed by atoms with Crippen LogP contribution in [0.15, 0.2) is 36.4 Å². The van der Waals surface area contributed by atoms with Crippen LogP contribution in [-0.4, -0.2) is 35.5 Å². The monoisotopic (exact) mass is 418 g/mol. The van der Waals surface area contributed by atoms with Gasteiger partial charge in [0.15, 0.2) is 11.2 Å². The fourth-order valence-electron chi connectivity index (χ4n) is 2.22. The van der Waals surface area contributed by atoms with Crippen molar-refractivity contribution >= 4 is 60.9 Å². The van der Waals surface area contributed by atoms with E-state index < -0.39 is 24.0 Å². The number of thiophene rings is 1. The van der Waals surface area contributed by atoms with Crippen LogP contribution in [0, 0.1) is 0 Å². The number of ether oxygens (including phenoxy) is 1. The van der Waals surface area contributed by atoms with Crippen molar-refractivity contribution in [1.82, 2.24) is 15.6 Å². The van der Waals surface area contributed by atoms with Crippen molar-refractivity contribution in [3.63, 3.8) is 0 Å². The summed E-state index contributed by atoms with van der Waals surface area (Å²) in [7, 11) is 0. The minimum Gasteiger partial charge on any atom is -0.448 e. The third-order valence-electron chi connectivity index (χ3n) is 3.54. The molecule has 1 unspecified atom stereocenters. The van der Waals surface area contributed by atoms with Gasteiger partial charge in [-0.2, -0.15) is 0 Å². The molecule has 1 atom stereocenters. The maximum atomic E-state index is 12.3. The molecule has 2 aromatic heterocycles. The van der Waals surface area contributed by atoms with Gasteiger partial charge in [-0.3, -0.25) is 10.1 Å². The van der Waals surface area contributed by atoms with Crippen molar-refractivity contribution in [1.29, 1.82) is 0 Å². The van der Waals surface area contributed by atoms with Crippen LogP contribution in [0.2, 0.25) is 0 Å². The van der Waals surface area contributed by atoms with Crippen LogP contribution in [0.4, 0.5) is 15.6 Å². The molecular weight excluding hydrogens is 400 g/mol. The van der Waals surface area contributed by atoms with E-state index >= 15 is 0 Å². The highest BCUT2D eigenvalue weighted by atomic mass is 32.1.